The normalized spacial score (nSPS) is 22.5. The first-order valence-corrected chi connectivity index (χ1v) is 13.3. The molecule has 9 heteroatoms. The van der Waals surface area contributed by atoms with Crippen LogP contribution in [0.1, 0.15) is 79.5 Å². The molecule has 8 rings (SSSR count). The number of anilines is 1. The molecule has 0 radical (unpaired) electrons. The van der Waals surface area contributed by atoms with Gasteiger partial charge in [0, 0.05) is 58.6 Å². The van der Waals surface area contributed by atoms with Crippen LogP contribution < -0.4 is 10.5 Å². The predicted octanol–water partition coefficient (Wildman–Crippen LogP) is 6.08. The first kappa shape index (κ1) is 21.7. The lowest BCUT2D eigenvalue weighted by atomic mass is 9.87. The molecule has 0 saturated heterocycles. The summed E-state index contributed by atoms with van der Waals surface area (Å²) in [5.74, 6) is 0.348. The number of hydrogen-bond acceptors (Lipinski definition) is 5. The molecule has 188 valence electrons. The van der Waals surface area contributed by atoms with Crippen molar-refractivity contribution in [1.82, 2.24) is 24.5 Å². The number of pyridine rings is 1. The molecule has 4 heterocycles. The molecule has 2 fully saturated rings. The van der Waals surface area contributed by atoms with Crippen molar-refractivity contribution in [2.75, 3.05) is 5.73 Å². The van der Waals surface area contributed by atoms with Crippen LogP contribution in [0.15, 0.2) is 30.6 Å². The van der Waals surface area contributed by atoms with E-state index in [1.54, 1.807) is 6.07 Å². The van der Waals surface area contributed by atoms with Crippen LogP contribution in [-0.4, -0.2) is 24.5 Å². The van der Waals surface area contributed by atoms with E-state index in [1.165, 1.54) is 17.3 Å². The van der Waals surface area contributed by atoms with Crippen LogP contribution in [0.4, 0.5) is 10.2 Å². The van der Waals surface area contributed by atoms with E-state index in [0.717, 1.165) is 60.2 Å². The summed E-state index contributed by atoms with van der Waals surface area (Å²) in [6.07, 6.45) is 8.88. The Morgan fingerprint density at radius 2 is 2.00 bits per heavy atom. The second kappa shape index (κ2) is 7.13. The summed E-state index contributed by atoms with van der Waals surface area (Å²) in [6, 6.07) is 5.54. The first-order valence-electron chi connectivity index (χ1n) is 12.9. The van der Waals surface area contributed by atoms with Gasteiger partial charge in [-0.2, -0.15) is 10.2 Å². The van der Waals surface area contributed by atoms with Crippen LogP contribution in [0.2, 0.25) is 5.02 Å². The third-order valence-electron chi connectivity index (χ3n) is 8.62. The monoisotopic (exact) mass is 516 g/mol. The molecule has 3 aliphatic carbocycles. The van der Waals surface area contributed by atoms with Gasteiger partial charge in [0.2, 0.25) is 0 Å². The summed E-state index contributed by atoms with van der Waals surface area (Å²) in [4.78, 5) is 4.52. The van der Waals surface area contributed by atoms with Crippen LogP contribution in [-0.2, 0) is 12.5 Å². The maximum absolute atomic E-state index is 14.8. The van der Waals surface area contributed by atoms with Gasteiger partial charge in [0.05, 0.1) is 28.1 Å². The van der Waals surface area contributed by atoms with E-state index in [2.05, 4.69) is 15.9 Å². The molecule has 4 aromatic rings. The van der Waals surface area contributed by atoms with Crippen molar-refractivity contribution in [2.45, 2.75) is 62.5 Å². The van der Waals surface area contributed by atoms with Gasteiger partial charge >= 0.3 is 0 Å². The quantitative estimate of drug-likeness (QED) is 0.331. The van der Waals surface area contributed by atoms with Crippen LogP contribution >= 0.6 is 11.6 Å². The van der Waals surface area contributed by atoms with Crippen LogP contribution in [0, 0.1) is 5.82 Å². The highest BCUT2D eigenvalue weighted by Crippen LogP contribution is 2.64. The summed E-state index contributed by atoms with van der Waals surface area (Å²) in [7, 11) is 1.93. The van der Waals surface area contributed by atoms with Gasteiger partial charge in [-0.25, -0.2) is 9.37 Å². The van der Waals surface area contributed by atoms with Gasteiger partial charge in [0.1, 0.15) is 11.9 Å². The second-order valence-corrected chi connectivity index (χ2v) is 11.5. The maximum atomic E-state index is 14.8. The van der Waals surface area contributed by atoms with Crippen LogP contribution in [0.5, 0.6) is 5.75 Å². The molecular weight excluding hydrogens is 491 g/mol. The minimum absolute atomic E-state index is 0.0364. The molecule has 1 spiro atoms. The van der Waals surface area contributed by atoms with Gasteiger partial charge in [-0.1, -0.05) is 11.6 Å². The van der Waals surface area contributed by atoms with E-state index in [0.29, 0.717) is 17.4 Å². The summed E-state index contributed by atoms with van der Waals surface area (Å²) in [5, 5.41) is 10.2. The second-order valence-electron chi connectivity index (χ2n) is 11.1. The number of nitrogens with zero attached hydrogens (tertiary/aromatic N) is 5. The lowest BCUT2D eigenvalue weighted by Crippen LogP contribution is -2.12. The third-order valence-corrected chi connectivity index (χ3v) is 9.01. The Morgan fingerprint density at radius 1 is 1.19 bits per heavy atom. The highest BCUT2D eigenvalue weighted by molar-refractivity contribution is 6.32. The molecule has 37 heavy (non-hydrogen) atoms. The molecule has 2 saturated carbocycles. The van der Waals surface area contributed by atoms with Crippen molar-refractivity contribution in [3.05, 3.63) is 63.8 Å². The topological polar surface area (TPSA) is 83.8 Å². The number of fused-ring (bicyclic) bond motifs is 8. The highest BCUT2D eigenvalue weighted by Gasteiger charge is 2.57. The number of halogens is 2. The zero-order valence-electron chi connectivity index (χ0n) is 20.6. The number of nitrogen functional groups attached to an aromatic ring is 1. The molecule has 2 bridgehead atoms. The number of ether oxygens (including phenoxy) is 1. The molecule has 3 aromatic heterocycles. The Hall–Kier alpha value is -3.39. The van der Waals surface area contributed by atoms with E-state index < -0.39 is 11.9 Å². The zero-order valence-corrected chi connectivity index (χ0v) is 21.4. The average Bonchev–Trinajstić information content (AvgIpc) is 3.76. The molecule has 0 amide bonds. The minimum Gasteiger partial charge on any atom is -0.482 e. The fourth-order valence-electron chi connectivity index (χ4n) is 6.56. The van der Waals surface area contributed by atoms with Crippen molar-refractivity contribution in [3.8, 4) is 28.3 Å². The molecular formula is C28H26ClFN6O. The fraction of sp³-hybridized carbons (Fsp3) is 0.393. The van der Waals surface area contributed by atoms with E-state index >= 15 is 0 Å². The Balaban J connectivity index is 1.48. The summed E-state index contributed by atoms with van der Waals surface area (Å²) < 4.78 is 25.3. The van der Waals surface area contributed by atoms with Crippen LogP contribution in [0.3, 0.4) is 0 Å². The van der Waals surface area contributed by atoms with Crippen molar-refractivity contribution < 1.29 is 9.13 Å². The molecule has 4 aliphatic rings. The van der Waals surface area contributed by atoms with Gasteiger partial charge in [-0.3, -0.25) is 9.36 Å². The lowest BCUT2D eigenvalue weighted by Gasteiger charge is -2.23. The van der Waals surface area contributed by atoms with E-state index in [1.807, 2.05) is 30.9 Å². The number of aromatic nitrogens is 5. The van der Waals surface area contributed by atoms with Gasteiger partial charge in [0.15, 0.2) is 11.6 Å². The summed E-state index contributed by atoms with van der Waals surface area (Å²) in [5.41, 5.74) is 14.2. The Labute approximate surface area is 218 Å². The van der Waals surface area contributed by atoms with Gasteiger partial charge in [-0.15, -0.1) is 0 Å². The zero-order chi connectivity index (χ0) is 25.2. The van der Waals surface area contributed by atoms with Gasteiger partial charge < -0.3 is 10.5 Å². The molecule has 2 atom stereocenters. The third kappa shape index (κ3) is 2.96. The first-order chi connectivity index (χ1) is 17.8. The molecule has 7 nitrogen and oxygen atoms in total. The molecule has 1 aromatic carbocycles. The number of hydrogen-bond donors (Lipinski definition) is 1. The van der Waals surface area contributed by atoms with Crippen molar-refractivity contribution in [1.29, 1.82) is 0 Å². The molecule has 1 unspecified atom stereocenters. The Bertz CT molecular complexity index is 1630. The Morgan fingerprint density at radius 3 is 2.76 bits per heavy atom. The van der Waals surface area contributed by atoms with E-state index in [-0.39, 0.29) is 22.2 Å². The highest BCUT2D eigenvalue weighted by atomic mass is 35.5. The summed E-state index contributed by atoms with van der Waals surface area (Å²) >= 11 is 6.61. The minimum atomic E-state index is -0.589. The van der Waals surface area contributed by atoms with Crippen molar-refractivity contribution in [2.24, 2.45) is 7.05 Å². The number of rotatable bonds is 1. The number of aryl methyl sites for hydroxylation is 1. The average molecular weight is 517 g/mol. The molecule has 2 N–H and O–H groups in total. The fourth-order valence-corrected chi connectivity index (χ4v) is 6.88. The predicted molar refractivity (Wildman–Crippen MR) is 138 cm³/mol. The number of benzene rings is 1. The van der Waals surface area contributed by atoms with E-state index in [9.17, 15) is 4.39 Å². The number of nitrogens with two attached hydrogens (primary N) is 1. The maximum Gasteiger partial charge on any atom is 0.166 e. The van der Waals surface area contributed by atoms with Gasteiger partial charge in [0.25, 0.3) is 0 Å². The van der Waals surface area contributed by atoms with Crippen molar-refractivity contribution in [3.63, 3.8) is 0 Å². The standard InChI is InChI=1S/C28H26ClFN6O/c1-13-21-16(5-6-19(30)23(21)29)24-18(12-35(2)33-24)17-10-28(7-8-28)26-22(17)25(36(34-26)15-3-4-15)14-9-20(37-13)27(31)32-11-14/h5-6,9,11-13,15,17H,3-4,7-8,10H2,1-2H3,(H2,31,32)/t13-,17?/m1/s1. The Kier molecular flexibility index (Phi) is 4.18. The van der Waals surface area contributed by atoms with Crippen LogP contribution in [0.25, 0.3) is 22.5 Å². The molecule has 1 aliphatic heterocycles. The SMILES string of the molecule is C[C@H]1Oc2cc(cnc2N)-c2c3c(nn2C2CC2)C2(CC2)CC3c2cn(C)nc2-c2ccc(F)c(Cl)c21. The van der Waals surface area contributed by atoms with E-state index in [4.69, 9.17) is 32.3 Å². The largest absolute Gasteiger partial charge is 0.482 e. The smallest absolute Gasteiger partial charge is 0.166 e. The summed E-state index contributed by atoms with van der Waals surface area (Å²) in [6.45, 7) is 1.86. The lowest BCUT2D eigenvalue weighted by molar-refractivity contribution is 0.228. The van der Waals surface area contributed by atoms with Gasteiger partial charge in [-0.05, 0) is 57.2 Å². The van der Waals surface area contributed by atoms with Crippen molar-refractivity contribution >= 4 is 17.4 Å².